The Morgan fingerprint density at radius 3 is 2.42 bits per heavy atom. The third-order valence-corrected chi connectivity index (χ3v) is 4.97. The molecule has 1 aromatic carbocycles. The van der Waals surface area contributed by atoms with Gasteiger partial charge < -0.3 is 25.3 Å². The number of aromatic hydroxyl groups is 1. The fraction of sp³-hybridized carbons (Fsp3) is 0.556. The zero-order valence-electron chi connectivity index (χ0n) is 15.5. The van der Waals surface area contributed by atoms with Crippen molar-refractivity contribution in [3.8, 4) is 5.75 Å². The lowest BCUT2D eigenvalue weighted by Gasteiger charge is -2.46. The van der Waals surface area contributed by atoms with E-state index >= 15 is 0 Å². The highest BCUT2D eigenvalue weighted by molar-refractivity contribution is 5.96. The predicted octanol–water partition coefficient (Wildman–Crippen LogP) is 1.38. The highest BCUT2D eigenvalue weighted by atomic mass is 19.1. The van der Waals surface area contributed by atoms with Gasteiger partial charge in [-0.1, -0.05) is 6.92 Å². The van der Waals surface area contributed by atoms with Crippen LogP contribution in [-0.4, -0.2) is 78.2 Å². The number of benzene rings is 1. The van der Waals surface area contributed by atoms with Crippen LogP contribution in [0, 0.1) is 5.82 Å². The molecule has 0 bridgehead atoms. The number of rotatable bonds is 5. The van der Waals surface area contributed by atoms with Crippen molar-refractivity contribution in [3.63, 3.8) is 0 Å². The number of piperidine rings is 1. The first-order valence-corrected chi connectivity index (χ1v) is 8.54. The summed E-state index contributed by atoms with van der Waals surface area (Å²) in [6.07, 6.45) is 1.95. The summed E-state index contributed by atoms with van der Waals surface area (Å²) < 4.78 is 13.0. The van der Waals surface area contributed by atoms with Crippen LogP contribution < -0.4 is 5.32 Å². The SMILES string of the molecule is CCN1CCC(CNC(=O)c2ccc(F)cc2O)(N(C)C)CC1.O=CO. The van der Waals surface area contributed by atoms with Crippen LogP contribution in [0.15, 0.2) is 18.2 Å². The van der Waals surface area contributed by atoms with Gasteiger partial charge in [-0.25, -0.2) is 4.39 Å². The first kappa shape index (κ1) is 21.9. The molecule has 1 fully saturated rings. The van der Waals surface area contributed by atoms with Gasteiger partial charge in [-0.05, 0) is 58.7 Å². The lowest BCUT2D eigenvalue weighted by molar-refractivity contribution is -0.122. The Hall–Kier alpha value is -2.19. The maximum absolute atomic E-state index is 13.0. The zero-order valence-corrected chi connectivity index (χ0v) is 15.5. The number of nitrogens with one attached hydrogen (secondary N) is 1. The van der Waals surface area contributed by atoms with Crippen molar-refractivity contribution in [2.24, 2.45) is 0 Å². The van der Waals surface area contributed by atoms with Crippen LogP contribution in [0.4, 0.5) is 4.39 Å². The molecule has 0 unspecified atom stereocenters. The highest BCUT2D eigenvalue weighted by Crippen LogP contribution is 2.27. The number of phenolic OH excluding ortho intramolecular Hbond substituents is 1. The fourth-order valence-corrected chi connectivity index (χ4v) is 3.10. The lowest BCUT2D eigenvalue weighted by atomic mass is 9.86. The molecule has 8 heteroatoms. The van der Waals surface area contributed by atoms with Crippen LogP contribution in [-0.2, 0) is 4.79 Å². The van der Waals surface area contributed by atoms with E-state index in [2.05, 4.69) is 22.0 Å². The molecule has 0 spiro atoms. The molecule has 1 amide bonds. The number of hydrogen-bond donors (Lipinski definition) is 3. The topological polar surface area (TPSA) is 93.1 Å². The minimum absolute atomic E-state index is 0.0863. The lowest BCUT2D eigenvalue weighted by Crippen LogP contribution is -2.58. The molecule has 0 radical (unpaired) electrons. The van der Waals surface area contributed by atoms with Crippen molar-refractivity contribution < 1.29 is 24.2 Å². The van der Waals surface area contributed by atoms with Crippen molar-refractivity contribution in [2.45, 2.75) is 25.3 Å². The number of nitrogens with zero attached hydrogens (tertiary/aromatic N) is 2. The van der Waals surface area contributed by atoms with Gasteiger partial charge in [0.05, 0.1) is 5.56 Å². The minimum atomic E-state index is -0.559. The number of hydrogen-bond acceptors (Lipinski definition) is 5. The average Bonchev–Trinajstić information content (AvgIpc) is 2.60. The number of phenols is 1. The van der Waals surface area contributed by atoms with Crippen molar-refractivity contribution in [1.82, 2.24) is 15.1 Å². The van der Waals surface area contributed by atoms with E-state index in [1.807, 2.05) is 14.1 Å². The molecule has 0 saturated carbocycles. The van der Waals surface area contributed by atoms with Crippen molar-refractivity contribution in [1.29, 1.82) is 0 Å². The van der Waals surface area contributed by atoms with E-state index in [4.69, 9.17) is 9.90 Å². The molecular weight excluding hydrogens is 341 g/mol. The van der Waals surface area contributed by atoms with E-state index in [1.165, 1.54) is 12.1 Å². The summed E-state index contributed by atoms with van der Waals surface area (Å²) in [7, 11) is 4.06. The third kappa shape index (κ3) is 5.67. The monoisotopic (exact) mass is 369 g/mol. The second-order valence-electron chi connectivity index (χ2n) is 6.50. The molecule has 0 aromatic heterocycles. The molecule has 1 heterocycles. The molecule has 2 rings (SSSR count). The maximum Gasteiger partial charge on any atom is 0.290 e. The summed E-state index contributed by atoms with van der Waals surface area (Å²) in [6.45, 7) is 5.47. The Kier molecular flexibility index (Phi) is 8.47. The summed E-state index contributed by atoms with van der Waals surface area (Å²) in [5, 5.41) is 19.5. The molecule has 1 aliphatic heterocycles. The van der Waals surface area contributed by atoms with Crippen LogP contribution in [0.3, 0.4) is 0 Å². The van der Waals surface area contributed by atoms with Crippen molar-refractivity contribution in [3.05, 3.63) is 29.6 Å². The molecule has 3 N–H and O–H groups in total. The summed E-state index contributed by atoms with van der Waals surface area (Å²) >= 11 is 0. The van der Waals surface area contributed by atoms with E-state index in [0.29, 0.717) is 6.54 Å². The van der Waals surface area contributed by atoms with Crippen molar-refractivity contribution in [2.75, 3.05) is 40.3 Å². The van der Waals surface area contributed by atoms with Gasteiger partial charge in [0.25, 0.3) is 12.4 Å². The largest absolute Gasteiger partial charge is 0.507 e. The summed E-state index contributed by atoms with van der Waals surface area (Å²) in [5.74, 6) is -1.26. The average molecular weight is 369 g/mol. The van der Waals surface area contributed by atoms with Crippen LogP contribution >= 0.6 is 0 Å². The number of likely N-dealkylation sites (tertiary alicyclic amines) is 1. The molecule has 1 aromatic rings. The predicted molar refractivity (Wildman–Crippen MR) is 96.9 cm³/mol. The van der Waals surface area contributed by atoms with Gasteiger partial charge in [0, 0.05) is 18.2 Å². The van der Waals surface area contributed by atoms with Gasteiger partial charge in [-0.3, -0.25) is 9.59 Å². The van der Waals surface area contributed by atoms with E-state index in [9.17, 15) is 14.3 Å². The number of likely N-dealkylation sites (N-methyl/N-ethyl adjacent to an activating group) is 1. The molecule has 26 heavy (non-hydrogen) atoms. The Balaban J connectivity index is 0.00000105. The number of carbonyl (C=O) groups is 2. The molecule has 1 aliphatic rings. The number of amides is 1. The molecule has 0 aliphatic carbocycles. The van der Waals surface area contributed by atoms with Crippen LogP contribution in [0.5, 0.6) is 5.75 Å². The van der Waals surface area contributed by atoms with Crippen LogP contribution in [0.25, 0.3) is 0 Å². The summed E-state index contributed by atoms with van der Waals surface area (Å²) in [5.41, 5.74) is 0.0167. The van der Waals surface area contributed by atoms with E-state index in [0.717, 1.165) is 38.5 Å². The summed E-state index contributed by atoms with van der Waals surface area (Å²) in [4.78, 5) is 25.2. The first-order chi connectivity index (χ1) is 12.3. The number of halogens is 1. The second-order valence-corrected chi connectivity index (χ2v) is 6.50. The molecule has 146 valence electrons. The number of carbonyl (C=O) groups excluding carboxylic acids is 1. The van der Waals surface area contributed by atoms with Crippen LogP contribution in [0.1, 0.15) is 30.1 Å². The Morgan fingerprint density at radius 2 is 1.96 bits per heavy atom. The molecule has 0 atom stereocenters. The Labute approximate surface area is 153 Å². The Bertz CT molecular complexity index is 602. The van der Waals surface area contributed by atoms with Gasteiger partial charge in [0.2, 0.25) is 0 Å². The Morgan fingerprint density at radius 1 is 1.38 bits per heavy atom. The number of carboxylic acid groups (broad SMARTS) is 1. The zero-order chi connectivity index (χ0) is 19.7. The van der Waals surface area contributed by atoms with Crippen LogP contribution in [0.2, 0.25) is 0 Å². The quantitative estimate of drug-likeness (QED) is 0.679. The van der Waals surface area contributed by atoms with Gasteiger partial charge in [-0.2, -0.15) is 0 Å². The van der Waals surface area contributed by atoms with Gasteiger partial charge in [0.15, 0.2) is 0 Å². The maximum atomic E-state index is 13.0. The van der Waals surface area contributed by atoms with E-state index < -0.39 is 5.82 Å². The van der Waals surface area contributed by atoms with E-state index in [1.54, 1.807) is 0 Å². The molecule has 1 saturated heterocycles. The second kappa shape index (κ2) is 10.1. The van der Waals surface area contributed by atoms with Gasteiger partial charge in [0.1, 0.15) is 11.6 Å². The summed E-state index contributed by atoms with van der Waals surface area (Å²) in [6, 6.07) is 3.44. The standard InChI is InChI=1S/C17H26FN3O2.CH2O2/c1-4-21-9-7-17(8-10-21,20(2)3)12-19-16(23)14-6-5-13(18)11-15(14)22;2-1-3/h5-6,11,22H,4,7-10,12H2,1-3H3,(H,19,23);1H,(H,2,3). The van der Waals surface area contributed by atoms with Gasteiger partial charge in [-0.15, -0.1) is 0 Å². The van der Waals surface area contributed by atoms with E-state index in [-0.39, 0.29) is 29.2 Å². The normalized spacial score (nSPS) is 16.5. The minimum Gasteiger partial charge on any atom is -0.507 e. The fourth-order valence-electron chi connectivity index (χ4n) is 3.10. The molecular formula is C18H28FN3O4. The third-order valence-electron chi connectivity index (χ3n) is 4.97. The smallest absolute Gasteiger partial charge is 0.290 e. The van der Waals surface area contributed by atoms with Gasteiger partial charge >= 0.3 is 0 Å². The highest BCUT2D eigenvalue weighted by Gasteiger charge is 2.36. The molecule has 7 nitrogen and oxygen atoms in total. The van der Waals surface area contributed by atoms with Crippen molar-refractivity contribution >= 4 is 12.4 Å². The first-order valence-electron chi connectivity index (χ1n) is 8.54.